The molecule has 1 amide bonds. The summed E-state index contributed by atoms with van der Waals surface area (Å²) in [6, 6.07) is 1.23. The molecule has 0 bridgehead atoms. The first-order valence-electron chi connectivity index (χ1n) is 6.48. The molecule has 0 aromatic heterocycles. The molecule has 1 fully saturated rings. The highest BCUT2D eigenvalue weighted by Crippen LogP contribution is 2.39. The van der Waals surface area contributed by atoms with Crippen LogP contribution in [0.15, 0.2) is 10.5 Å². The van der Waals surface area contributed by atoms with Gasteiger partial charge in [0.05, 0.1) is 11.1 Å². The Hall–Kier alpha value is -1.05. The van der Waals surface area contributed by atoms with Gasteiger partial charge in [-0.2, -0.15) is 0 Å². The average Bonchev–Trinajstić information content (AvgIpc) is 2.64. The third-order valence-electron chi connectivity index (χ3n) is 3.88. The van der Waals surface area contributed by atoms with Crippen LogP contribution in [-0.2, 0) is 6.54 Å². The zero-order chi connectivity index (χ0) is 15.1. The number of amides is 1. The number of carbonyl (C=O) groups is 1. The van der Waals surface area contributed by atoms with Crippen molar-refractivity contribution in [2.24, 2.45) is 0 Å². The predicted octanol–water partition coefficient (Wildman–Crippen LogP) is 2.80. The van der Waals surface area contributed by atoms with Crippen LogP contribution in [0.2, 0.25) is 5.02 Å². The van der Waals surface area contributed by atoms with Gasteiger partial charge in [-0.1, -0.05) is 11.6 Å². The number of carboxylic acid groups (broad SMARTS) is 1. The summed E-state index contributed by atoms with van der Waals surface area (Å²) < 4.78 is 20.3. The van der Waals surface area contributed by atoms with Gasteiger partial charge in [0.1, 0.15) is 18.2 Å². The van der Waals surface area contributed by atoms with Crippen molar-refractivity contribution in [3.8, 4) is 5.75 Å². The molecule has 2 heterocycles. The molecule has 1 saturated heterocycles. The number of hydrogen-bond donors (Lipinski definition) is 1. The van der Waals surface area contributed by atoms with Crippen LogP contribution in [0, 0.1) is 5.82 Å². The second-order valence-corrected chi connectivity index (χ2v) is 6.36. The molecule has 1 N–H and O–H groups in total. The summed E-state index contributed by atoms with van der Waals surface area (Å²) in [5.74, 6) is -0.0256. The Balaban J connectivity index is 1.90. The van der Waals surface area contributed by atoms with Gasteiger partial charge in [-0.15, -0.1) is 0 Å². The number of piperazine rings is 1. The molecule has 0 saturated carbocycles. The van der Waals surface area contributed by atoms with Crippen LogP contribution in [0.3, 0.4) is 0 Å². The van der Waals surface area contributed by atoms with Crippen LogP contribution in [0.4, 0.5) is 9.18 Å². The van der Waals surface area contributed by atoms with Gasteiger partial charge >= 0.3 is 6.09 Å². The van der Waals surface area contributed by atoms with Crippen molar-refractivity contribution in [1.29, 1.82) is 0 Å². The Kier molecular flexibility index (Phi) is 3.98. The van der Waals surface area contributed by atoms with E-state index in [0.717, 1.165) is 0 Å². The summed E-state index contributed by atoms with van der Waals surface area (Å²) in [5.41, 5.74) is 0.425. The molecule has 1 aromatic carbocycles. The van der Waals surface area contributed by atoms with E-state index in [1.165, 1.54) is 11.0 Å². The zero-order valence-electron chi connectivity index (χ0n) is 11.0. The molecule has 1 aromatic rings. The zero-order valence-corrected chi connectivity index (χ0v) is 13.3. The van der Waals surface area contributed by atoms with E-state index in [-0.39, 0.29) is 18.5 Å². The second-order valence-electron chi connectivity index (χ2n) is 5.13. The van der Waals surface area contributed by atoms with E-state index in [2.05, 4.69) is 15.9 Å². The summed E-state index contributed by atoms with van der Waals surface area (Å²) in [6.45, 7) is 1.96. The lowest BCUT2D eigenvalue weighted by molar-refractivity contribution is 0.0500. The molecule has 0 aliphatic carbocycles. The molecule has 0 spiro atoms. The van der Waals surface area contributed by atoms with Crippen molar-refractivity contribution in [2.45, 2.75) is 12.6 Å². The summed E-state index contributed by atoms with van der Waals surface area (Å²) >= 11 is 9.38. The Morgan fingerprint density at radius 3 is 3.00 bits per heavy atom. The van der Waals surface area contributed by atoms with Gasteiger partial charge in [-0.25, -0.2) is 9.18 Å². The van der Waals surface area contributed by atoms with Crippen LogP contribution in [0.25, 0.3) is 0 Å². The van der Waals surface area contributed by atoms with Gasteiger partial charge in [0.15, 0.2) is 0 Å². The van der Waals surface area contributed by atoms with Gasteiger partial charge < -0.3 is 14.7 Å². The quantitative estimate of drug-likeness (QED) is 0.704. The molecule has 0 radical (unpaired) electrons. The molecule has 21 heavy (non-hydrogen) atoms. The number of hydrogen-bond acceptors (Lipinski definition) is 3. The summed E-state index contributed by atoms with van der Waals surface area (Å²) in [7, 11) is 0. The molecule has 8 heteroatoms. The molecule has 0 unspecified atom stereocenters. The number of benzene rings is 1. The van der Waals surface area contributed by atoms with E-state index in [1.807, 2.05) is 4.90 Å². The average molecular weight is 380 g/mol. The van der Waals surface area contributed by atoms with Crippen LogP contribution < -0.4 is 4.74 Å². The largest absolute Gasteiger partial charge is 0.490 e. The third kappa shape index (κ3) is 2.69. The molecule has 114 valence electrons. The molecular weight excluding hydrogens is 367 g/mol. The minimum absolute atomic E-state index is 0.100. The topological polar surface area (TPSA) is 53.0 Å². The summed E-state index contributed by atoms with van der Waals surface area (Å²) in [4.78, 5) is 14.5. The lowest BCUT2D eigenvalue weighted by atomic mass is 10.1. The maximum atomic E-state index is 14.2. The van der Waals surface area contributed by atoms with Crippen molar-refractivity contribution in [2.75, 3.05) is 26.2 Å². The molecule has 1 atom stereocenters. The number of fused-ring (bicyclic) bond motifs is 2. The van der Waals surface area contributed by atoms with Gasteiger partial charge in [-0.3, -0.25) is 4.90 Å². The molecule has 5 nitrogen and oxygen atoms in total. The Morgan fingerprint density at radius 1 is 1.52 bits per heavy atom. The van der Waals surface area contributed by atoms with E-state index in [0.29, 0.717) is 47.0 Å². The fourth-order valence-corrected chi connectivity index (χ4v) is 3.33. The monoisotopic (exact) mass is 378 g/mol. The lowest BCUT2D eigenvalue weighted by Crippen LogP contribution is -2.55. The normalized spacial score (nSPS) is 22.0. The lowest BCUT2D eigenvalue weighted by Gasteiger charge is -2.38. The predicted molar refractivity (Wildman–Crippen MR) is 78.4 cm³/mol. The van der Waals surface area contributed by atoms with Gasteiger partial charge in [-0.05, 0) is 22.0 Å². The van der Waals surface area contributed by atoms with E-state index in [9.17, 15) is 9.18 Å². The smallest absolute Gasteiger partial charge is 0.407 e. The van der Waals surface area contributed by atoms with Gasteiger partial charge in [0.25, 0.3) is 0 Å². The SMILES string of the molecule is O=C(O)N1CCN2Cc3c(F)cc(Br)c(Cl)c3OC[C@H]2C1. The maximum Gasteiger partial charge on any atom is 0.407 e. The fourth-order valence-electron chi connectivity index (χ4n) is 2.72. The van der Waals surface area contributed by atoms with E-state index in [4.69, 9.17) is 21.4 Å². The molecule has 2 aliphatic heterocycles. The Labute approximate surface area is 134 Å². The Bertz CT molecular complexity index is 601. The minimum atomic E-state index is -0.941. The Morgan fingerprint density at radius 2 is 2.29 bits per heavy atom. The van der Waals surface area contributed by atoms with Crippen LogP contribution >= 0.6 is 27.5 Å². The van der Waals surface area contributed by atoms with Crippen molar-refractivity contribution in [3.05, 3.63) is 26.9 Å². The third-order valence-corrected chi connectivity index (χ3v) is 5.11. The van der Waals surface area contributed by atoms with Gasteiger partial charge in [0.2, 0.25) is 0 Å². The number of rotatable bonds is 0. The van der Waals surface area contributed by atoms with Gasteiger partial charge in [0, 0.05) is 36.2 Å². The van der Waals surface area contributed by atoms with Crippen molar-refractivity contribution < 1.29 is 19.0 Å². The highest BCUT2D eigenvalue weighted by Gasteiger charge is 2.34. The molecular formula is C13H13BrClFN2O3. The fraction of sp³-hybridized carbons (Fsp3) is 0.462. The van der Waals surface area contributed by atoms with Crippen molar-refractivity contribution in [3.63, 3.8) is 0 Å². The van der Waals surface area contributed by atoms with E-state index < -0.39 is 6.09 Å². The van der Waals surface area contributed by atoms with Crippen LogP contribution in [0.5, 0.6) is 5.75 Å². The molecule has 3 rings (SSSR count). The first kappa shape index (κ1) is 14.9. The maximum absolute atomic E-state index is 14.2. The van der Waals surface area contributed by atoms with Crippen molar-refractivity contribution >= 4 is 33.6 Å². The molecule has 2 aliphatic rings. The second kappa shape index (κ2) is 5.62. The van der Waals surface area contributed by atoms with Crippen LogP contribution in [-0.4, -0.2) is 53.3 Å². The van der Waals surface area contributed by atoms with Crippen LogP contribution in [0.1, 0.15) is 5.56 Å². The number of nitrogens with zero attached hydrogens (tertiary/aromatic N) is 2. The first-order valence-corrected chi connectivity index (χ1v) is 7.65. The summed E-state index contributed by atoms with van der Waals surface area (Å²) in [6.07, 6.45) is -0.941. The number of halogens is 3. The highest BCUT2D eigenvalue weighted by molar-refractivity contribution is 9.10. The van der Waals surface area contributed by atoms with Crippen molar-refractivity contribution in [1.82, 2.24) is 9.80 Å². The highest BCUT2D eigenvalue weighted by atomic mass is 79.9. The van der Waals surface area contributed by atoms with E-state index >= 15 is 0 Å². The first-order chi connectivity index (χ1) is 9.97. The van der Waals surface area contributed by atoms with E-state index in [1.54, 1.807) is 0 Å². The summed E-state index contributed by atoms with van der Waals surface area (Å²) in [5, 5.41) is 9.42. The minimum Gasteiger partial charge on any atom is -0.490 e. The standard InChI is InChI=1S/C13H13BrClFN2O3/c14-9-3-10(16)8-5-17-1-2-18(13(19)20)4-7(17)6-21-12(8)11(9)15/h3,7H,1-2,4-6H2,(H,19,20)/t7-/m1/s1. The number of ether oxygens (including phenoxy) is 1.